The zero-order valence-electron chi connectivity index (χ0n) is 8.23. The normalized spacial score (nSPS) is 9.64. The molecular formula is C11H12BrNO. The number of hydrogen-bond acceptors (Lipinski definition) is 1. The lowest BCUT2D eigenvalue weighted by Crippen LogP contribution is -2.09. The second-order valence-electron chi connectivity index (χ2n) is 3.11. The summed E-state index contributed by atoms with van der Waals surface area (Å²) in [5, 5.41) is 2.78. The molecule has 0 saturated heterocycles. The van der Waals surface area contributed by atoms with E-state index in [0.29, 0.717) is 0 Å². The van der Waals surface area contributed by atoms with E-state index in [1.165, 1.54) is 6.08 Å². The zero-order chi connectivity index (χ0) is 10.7. The number of carbonyl (C=O) groups excluding carboxylic acids is 1. The fraction of sp³-hybridized carbons (Fsp3) is 0.182. The number of halogens is 1. The van der Waals surface area contributed by atoms with Gasteiger partial charge in [-0.1, -0.05) is 22.5 Å². The molecule has 0 aromatic heterocycles. The van der Waals surface area contributed by atoms with Crippen LogP contribution in [0.3, 0.4) is 0 Å². The van der Waals surface area contributed by atoms with Crippen LogP contribution in [0.25, 0.3) is 0 Å². The van der Waals surface area contributed by atoms with Gasteiger partial charge in [-0.15, -0.1) is 0 Å². The lowest BCUT2D eigenvalue weighted by Gasteiger charge is -2.10. The monoisotopic (exact) mass is 253 g/mol. The quantitative estimate of drug-likeness (QED) is 0.807. The molecule has 2 nitrogen and oxygen atoms in total. The average Bonchev–Trinajstić information content (AvgIpc) is 2.10. The number of aryl methyl sites for hydroxylation is 2. The number of rotatable bonds is 2. The first-order chi connectivity index (χ1) is 6.54. The number of hydrogen-bond donors (Lipinski definition) is 1. The van der Waals surface area contributed by atoms with E-state index in [2.05, 4.69) is 27.8 Å². The third-order valence-electron chi connectivity index (χ3n) is 1.93. The first kappa shape index (κ1) is 11.0. The van der Waals surface area contributed by atoms with Gasteiger partial charge < -0.3 is 5.32 Å². The highest BCUT2D eigenvalue weighted by molar-refractivity contribution is 9.10. The van der Waals surface area contributed by atoms with Gasteiger partial charge in [-0.25, -0.2) is 0 Å². The molecule has 0 atom stereocenters. The zero-order valence-corrected chi connectivity index (χ0v) is 9.81. The van der Waals surface area contributed by atoms with Crippen molar-refractivity contribution in [1.82, 2.24) is 0 Å². The van der Waals surface area contributed by atoms with E-state index in [0.717, 1.165) is 21.3 Å². The number of benzene rings is 1. The number of anilines is 1. The molecule has 0 aliphatic rings. The van der Waals surface area contributed by atoms with Gasteiger partial charge in [-0.3, -0.25) is 4.79 Å². The Morgan fingerprint density at radius 2 is 1.93 bits per heavy atom. The van der Waals surface area contributed by atoms with Crippen molar-refractivity contribution in [2.75, 3.05) is 5.32 Å². The third-order valence-corrected chi connectivity index (χ3v) is 2.39. The first-order valence-corrected chi connectivity index (χ1v) is 5.04. The van der Waals surface area contributed by atoms with Crippen molar-refractivity contribution in [2.45, 2.75) is 13.8 Å². The molecule has 0 aliphatic carbocycles. The van der Waals surface area contributed by atoms with Crippen molar-refractivity contribution in [3.63, 3.8) is 0 Å². The molecule has 1 amide bonds. The van der Waals surface area contributed by atoms with Crippen LogP contribution in [0.1, 0.15) is 11.1 Å². The molecule has 0 spiro atoms. The van der Waals surface area contributed by atoms with Crippen LogP contribution in [0.5, 0.6) is 0 Å². The highest BCUT2D eigenvalue weighted by Crippen LogP contribution is 2.24. The molecule has 3 heteroatoms. The minimum absolute atomic E-state index is 0.182. The Bertz CT molecular complexity index is 362. The van der Waals surface area contributed by atoms with Crippen LogP contribution in [-0.2, 0) is 4.79 Å². The smallest absolute Gasteiger partial charge is 0.247 e. The summed E-state index contributed by atoms with van der Waals surface area (Å²) >= 11 is 3.40. The summed E-state index contributed by atoms with van der Waals surface area (Å²) in [5.41, 5.74) is 2.93. The van der Waals surface area contributed by atoms with Gasteiger partial charge in [0.1, 0.15) is 0 Å². The van der Waals surface area contributed by atoms with E-state index in [9.17, 15) is 4.79 Å². The van der Waals surface area contributed by atoms with Crippen LogP contribution >= 0.6 is 15.9 Å². The first-order valence-electron chi connectivity index (χ1n) is 4.24. The SMILES string of the molecule is C=CC(=O)Nc1c(C)cc(Br)cc1C. The minimum atomic E-state index is -0.182. The summed E-state index contributed by atoms with van der Waals surface area (Å²) in [4.78, 5) is 11.1. The van der Waals surface area contributed by atoms with Gasteiger partial charge in [-0.05, 0) is 43.2 Å². The summed E-state index contributed by atoms with van der Waals surface area (Å²) in [6.45, 7) is 7.32. The maximum atomic E-state index is 11.1. The molecule has 74 valence electrons. The third kappa shape index (κ3) is 2.45. The Balaban J connectivity index is 3.08. The lowest BCUT2D eigenvalue weighted by atomic mass is 10.1. The summed E-state index contributed by atoms with van der Waals surface area (Å²) in [6, 6.07) is 3.93. The number of carbonyl (C=O) groups is 1. The van der Waals surface area contributed by atoms with E-state index in [1.807, 2.05) is 26.0 Å². The Kier molecular flexibility index (Phi) is 3.47. The van der Waals surface area contributed by atoms with Crippen molar-refractivity contribution >= 4 is 27.5 Å². The van der Waals surface area contributed by atoms with E-state index in [4.69, 9.17) is 0 Å². The van der Waals surface area contributed by atoms with Gasteiger partial charge in [0, 0.05) is 10.2 Å². The van der Waals surface area contributed by atoms with Gasteiger partial charge in [0.05, 0.1) is 0 Å². The maximum Gasteiger partial charge on any atom is 0.247 e. The molecule has 1 rings (SSSR count). The Morgan fingerprint density at radius 3 is 2.36 bits per heavy atom. The molecule has 0 saturated carbocycles. The summed E-state index contributed by atoms with van der Waals surface area (Å²) < 4.78 is 1.02. The number of nitrogens with one attached hydrogen (secondary N) is 1. The van der Waals surface area contributed by atoms with Gasteiger partial charge in [0.15, 0.2) is 0 Å². The van der Waals surface area contributed by atoms with Crippen molar-refractivity contribution in [3.8, 4) is 0 Å². The van der Waals surface area contributed by atoms with Crippen molar-refractivity contribution < 1.29 is 4.79 Å². The Morgan fingerprint density at radius 1 is 1.43 bits per heavy atom. The summed E-state index contributed by atoms with van der Waals surface area (Å²) in [6.07, 6.45) is 1.26. The molecule has 1 N–H and O–H groups in total. The van der Waals surface area contributed by atoms with E-state index >= 15 is 0 Å². The van der Waals surface area contributed by atoms with E-state index in [1.54, 1.807) is 0 Å². The molecule has 0 aliphatic heterocycles. The molecular weight excluding hydrogens is 242 g/mol. The van der Waals surface area contributed by atoms with Crippen molar-refractivity contribution in [1.29, 1.82) is 0 Å². The summed E-state index contributed by atoms with van der Waals surface area (Å²) in [7, 11) is 0. The van der Waals surface area contributed by atoms with Crippen molar-refractivity contribution in [3.05, 3.63) is 40.4 Å². The lowest BCUT2D eigenvalue weighted by molar-refractivity contribution is -0.111. The average molecular weight is 254 g/mol. The van der Waals surface area contributed by atoms with Crippen LogP contribution < -0.4 is 5.32 Å². The van der Waals surface area contributed by atoms with Crippen LogP contribution in [0.15, 0.2) is 29.3 Å². The molecule has 0 bridgehead atoms. The Hall–Kier alpha value is -1.09. The topological polar surface area (TPSA) is 29.1 Å². The van der Waals surface area contributed by atoms with Crippen LogP contribution in [0, 0.1) is 13.8 Å². The maximum absolute atomic E-state index is 11.1. The van der Waals surface area contributed by atoms with Gasteiger partial charge in [0.25, 0.3) is 0 Å². The minimum Gasteiger partial charge on any atom is -0.322 e. The van der Waals surface area contributed by atoms with Crippen molar-refractivity contribution in [2.24, 2.45) is 0 Å². The highest BCUT2D eigenvalue weighted by Gasteiger charge is 2.05. The molecule has 14 heavy (non-hydrogen) atoms. The van der Waals surface area contributed by atoms with E-state index < -0.39 is 0 Å². The highest BCUT2D eigenvalue weighted by atomic mass is 79.9. The van der Waals surface area contributed by atoms with Crippen LogP contribution in [0.2, 0.25) is 0 Å². The van der Waals surface area contributed by atoms with E-state index in [-0.39, 0.29) is 5.91 Å². The Labute approximate surface area is 92.1 Å². The second kappa shape index (κ2) is 4.42. The second-order valence-corrected chi connectivity index (χ2v) is 4.02. The molecule has 1 aromatic rings. The van der Waals surface area contributed by atoms with Gasteiger partial charge >= 0.3 is 0 Å². The standard InChI is InChI=1S/C11H12BrNO/c1-4-10(14)13-11-7(2)5-9(12)6-8(11)3/h4-6H,1H2,2-3H3,(H,13,14). The van der Waals surface area contributed by atoms with Crippen LogP contribution in [0.4, 0.5) is 5.69 Å². The summed E-state index contributed by atoms with van der Waals surface area (Å²) in [5.74, 6) is -0.182. The molecule has 0 radical (unpaired) electrons. The van der Waals surface area contributed by atoms with Gasteiger partial charge in [-0.2, -0.15) is 0 Å². The molecule has 1 aromatic carbocycles. The number of amides is 1. The van der Waals surface area contributed by atoms with Crippen LogP contribution in [-0.4, -0.2) is 5.91 Å². The molecule has 0 fully saturated rings. The fourth-order valence-corrected chi connectivity index (χ4v) is 1.97. The fourth-order valence-electron chi connectivity index (χ4n) is 1.28. The predicted molar refractivity (Wildman–Crippen MR) is 62.4 cm³/mol. The molecule has 0 heterocycles. The van der Waals surface area contributed by atoms with Gasteiger partial charge in [0.2, 0.25) is 5.91 Å². The predicted octanol–water partition coefficient (Wildman–Crippen LogP) is 3.19. The molecule has 0 unspecified atom stereocenters. The largest absolute Gasteiger partial charge is 0.322 e.